The molecule has 1 aliphatic carbocycles. The van der Waals surface area contributed by atoms with E-state index in [2.05, 4.69) is 0 Å². The summed E-state index contributed by atoms with van der Waals surface area (Å²) in [4.78, 5) is 28.4. The molecule has 1 unspecified atom stereocenters. The molecule has 0 N–H and O–H groups in total. The van der Waals surface area contributed by atoms with Crippen molar-refractivity contribution in [1.29, 1.82) is 0 Å². The quantitative estimate of drug-likeness (QED) is 0.534. The smallest absolute Gasteiger partial charge is 0.294 e. The van der Waals surface area contributed by atoms with Crippen molar-refractivity contribution >= 4 is 17.4 Å². The highest BCUT2D eigenvalue weighted by atomic mass is 19.4. The molecule has 2 aliphatic rings. The lowest BCUT2D eigenvalue weighted by molar-refractivity contribution is -0.137. The third-order valence-electron chi connectivity index (χ3n) is 6.25. The standard InChI is InChI=1S/C26H26F3NO2/c1-15-9-16(2)11-19(10-15)30-21-13-25(3,4)14-22(31)24(21)20(12-23(30)32)17-5-7-18(8-6-17)26(27,28)29/h5-11,20H,12-14H2,1-4H3. The number of carbonyl (C=O) groups excluding carboxylic acids is 2. The van der Waals surface area contributed by atoms with E-state index >= 15 is 0 Å². The Hall–Kier alpha value is -2.89. The van der Waals surface area contributed by atoms with Crippen LogP contribution in [0.25, 0.3) is 0 Å². The van der Waals surface area contributed by atoms with Gasteiger partial charge in [-0.2, -0.15) is 13.2 Å². The van der Waals surface area contributed by atoms with E-state index in [1.54, 1.807) is 4.90 Å². The monoisotopic (exact) mass is 441 g/mol. The molecule has 0 saturated carbocycles. The Bertz CT molecular complexity index is 1110. The maximum absolute atomic E-state index is 13.4. The van der Waals surface area contributed by atoms with Crippen LogP contribution in [0, 0.1) is 19.3 Å². The molecule has 168 valence electrons. The molecule has 0 spiro atoms. The molecular weight excluding hydrogens is 415 g/mol. The molecule has 2 aromatic rings. The summed E-state index contributed by atoms with van der Waals surface area (Å²) in [6, 6.07) is 10.7. The predicted octanol–water partition coefficient (Wildman–Crippen LogP) is 6.49. The number of halogens is 3. The zero-order valence-corrected chi connectivity index (χ0v) is 18.6. The van der Waals surface area contributed by atoms with Gasteiger partial charge in [-0.25, -0.2) is 0 Å². The number of aryl methyl sites for hydroxylation is 2. The van der Waals surface area contributed by atoms with Gasteiger partial charge in [-0.1, -0.05) is 32.0 Å². The van der Waals surface area contributed by atoms with Gasteiger partial charge in [0.1, 0.15) is 0 Å². The molecule has 3 nitrogen and oxygen atoms in total. The van der Waals surface area contributed by atoms with Gasteiger partial charge in [0, 0.05) is 35.7 Å². The summed E-state index contributed by atoms with van der Waals surface area (Å²) >= 11 is 0. The highest BCUT2D eigenvalue weighted by Crippen LogP contribution is 2.48. The second-order valence-corrected chi connectivity index (χ2v) is 9.75. The third kappa shape index (κ3) is 4.10. The molecule has 0 radical (unpaired) electrons. The predicted molar refractivity (Wildman–Crippen MR) is 117 cm³/mol. The van der Waals surface area contributed by atoms with Crippen LogP contribution in [0.4, 0.5) is 18.9 Å². The zero-order valence-electron chi connectivity index (χ0n) is 18.6. The third-order valence-corrected chi connectivity index (χ3v) is 6.25. The van der Waals surface area contributed by atoms with Crippen molar-refractivity contribution in [2.75, 3.05) is 4.90 Å². The molecule has 6 heteroatoms. The lowest BCUT2D eigenvalue weighted by Gasteiger charge is -2.43. The molecule has 32 heavy (non-hydrogen) atoms. The average Bonchev–Trinajstić information content (AvgIpc) is 2.64. The Morgan fingerprint density at radius 3 is 2.09 bits per heavy atom. The van der Waals surface area contributed by atoms with Gasteiger partial charge in [0.2, 0.25) is 5.91 Å². The van der Waals surface area contributed by atoms with Crippen LogP contribution < -0.4 is 4.90 Å². The summed E-state index contributed by atoms with van der Waals surface area (Å²) in [5.74, 6) is -0.724. The maximum atomic E-state index is 13.4. The molecule has 1 atom stereocenters. The number of benzene rings is 2. The number of Topliss-reactive ketones (excluding diaryl/α,β-unsaturated/α-hetero) is 1. The molecule has 1 amide bonds. The highest BCUT2D eigenvalue weighted by molar-refractivity contribution is 6.07. The van der Waals surface area contributed by atoms with E-state index in [0.29, 0.717) is 29.7 Å². The van der Waals surface area contributed by atoms with Crippen LogP contribution in [0.1, 0.15) is 61.3 Å². The number of hydrogen-bond acceptors (Lipinski definition) is 2. The van der Waals surface area contributed by atoms with Gasteiger partial charge in [0.25, 0.3) is 0 Å². The first kappa shape index (κ1) is 22.3. The van der Waals surface area contributed by atoms with Crippen LogP contribution in [-0.4, -0.2) is 11.7 Å². The topological polar surface area (TPSA) is 37.4 Å². The van der Waals surface area contributed by atoms with Gasteiger partial charge in [0.05, 0.1) is 5.56 Å². The normalized spacial score (nSPS) is 21.1. The first-order chi connectivity index (χ1) is 14.9. The molecule has 1 aliphatic heterocycles. The van der Waals surface area contributed by atoms with Crippen LogP contribution in [0.5, 0.6) is 0 Å². The van der Waals surface area contributed by atoms with Crippen LogP contribution in [0.2, 0.25) is 0 Å². The Balaban J connectivity index is 1.86. The van der Waals surface area contributed by atoms with Gasteiger partial charge >= 0.3 is 6.18 Å². The van der Waals surface area contributed by atoms with Crippen LogP contribution in [0.15, 0.2) is 53.7 Å². The van der Waals surface area contributed by atoms with E-state index in [9.17, 15) is 22.8 Å². The summed E-state index contributed by atoms with van der Waals surface area (Å²) in [6.07, 6.45) is -3.50. The summed E-state index contributed by atoms with van der Waals surface area (Å²) in [5, 5.41) is 0. The zero-order chi connectivity index (χ0) is 23.4. The molecule has 0 aromatic heterocycles. The van der Waals surface area contributed by atoms with Crippen molar-refractivity contribution < 1.29 is 22.8 Å². The first-order valence-corrected chi connectivity index (χ1v) is 10.7. The van der Waals surface area contributed by atoms with Crippen LogP contribution in [0.3, 0.4) is 0 Å². The van der Waals surface area contributed by atoms with E-state index in [0.717, 1.165) is 28.9 Å². The highest BCUT2D eigenvalue weighted by Gasteiger charge is 2.44. The van der Waals surface area contributed by atoms with E-state index in [1.807, 2.05) is 45.9 Å². The van der Waals surface area contributed by atoms with Gasteiger partial charge < -0.3 is 0 Å². The number of rotatable bonds is 2. The number of ketones is 1. The van der Waals surface area contributed by atoms with Crippen molar-refractivity contribution in [3.8, 4) is 0 Å². The second kappa shape index (κ2) is 7.61. The van der Waals surface area contributed by atoms with Crippen molar-refractivity contribution in [3.63, 3.8) is 0 Å². The fourth-order valence-electron chi connectivity index (χ4n) is 4.98. The lowest BCUT2D eigenvalue weighted by Crippen LogP contribution is -2.43. The number of anilines is 1. The van der Waals surface area contributed by atoms with E-state index in [-0.39, 0.29) is 23.5 Å². The van der Waals surface area contributed by atoms with Gasteiger partial charge in [-0.3, -0.25) is 14.5 Å². The van der Waals surface area contributed by atoms with Gasteiger partial charge in [-0.15, -0.1) is 0 Å². The molecule has 0 bridgehead atoms. The van der Waals surface area contributed by atoms with Crippen molar-refractivity contribution in [3.05, 3.63) is 76.0 Å². The summed E-state index contributed by atoms with van der Waals surface area (Å²) in [5.41, 5.74) is 3.51. The largest absolute Gasteiger partial charge is 0.416 e. The SMILES string of the molecule is Cc1cc(C)cc(N2C(=O)CC(c3ccc(C(F)(F)F)cc3)C3=C2CC(C)(C)CC3=O)c1. The lowest BCUT2D eigenvalue weighted by atomic mass is 9.69. The fourth-order valence-corrected chi connectivity index (χ4v) is 4.98. The van der Waals surface area contributed by atoms with Gasteiger partial charge in [0.15, 0.2) is 5.78 Å². The minimum Gasteiger partial charge on any atom is -0.294 e. The van der Waals surface area contributed by atoms with Crippen molar-refractivity contribution in [2.24, 2.45) is 5.41 Å². The van der Waals surface area contributed by atoms with Crippen LogP contribution >= 0.6 is 0 Å². The average molecular weight is 441 g/mol. The minimum absolute atomic E-state index is 0.0389. The number of carbonyl (C=O) groups is 2. The van der Waals surface area contributed by atoms with E-state index in [4.69, 9.17) is 0 Å². The number of hydrogen-bond donors (Lipinski definition) is 0. The fraction of sp³-hybridized carbons (Fsp3) is 0.385. The molecule has 4 rings (SSSR count). The Morgan fingerprint density at radius 2 is 1.53 bits per heavy atom. The summed E-state index contributed by atoms with van der Waals surface area (Å²) in [6.45, 7) is 7.92. The molecule has 0 fully saturated rings. The maximum Gasteiger partial charge on any atom is 0.416 e. The van der Waals surface area contributed by atoms with Gasteiger partial charge in [-0.05, 0) is 66.6 Å². The molecule has 2 aromatic carbocycles. The molecule has 1 heterocycles. The van der Waals surface area contributed by atoms with Crippen LogP contribution in [-0.2, 0) is 15.8 Å². The van der Waals surface area contributed by atoms with Crippen molar-refractivity contribution in [2.45, 2.75) is 59.1 Å². The first-order valence-electron chi connectivity index (χ1n) is 10.7. The van der Waals surface area contributed by atoms with E-state index < -0.39 is 17.7 Å². The Kier molecular flexibility index (Phi) is 5.30. The summed E-state index contributed by atoms with van der Waals surface area (Å²) < 4.78 is 39.1. The summed E-state index contributed by atoms with van der Waals surface area (Å²) in [7, 11) is 0. The Morgan fingerprint density at radius 1 is 0.938 bits per heavy atom. The van der Waals surface area contributed by atoms with Crippen molar-refractivity contribution in [1.82, 2.24) is 0 Å². The second-order valence-electron chi connectivity index (χ2n) is 9.75. The number of alkyl halides is 3. The number of amides is 1. The number of nitrogens with zero attached hydrogens (tertiary/aromatic N) is 1. The molecule has 0 saturated heterocycles. The molecular formula is C26H26F3NO2. The Labute approximate surface area is 185 Å². The number of allylic oxidation sites excluding steroid dienone is 2. The minimum atomic E-state index is -4.43. The van der Waals surface area contributed by atoms with E-state index in [1.165, 1.54) is 12.1 Å².